The number of thiazole rings is 1. The van der Waals surface area contributed by atoms with E-state index in [9.17, 15) is 4.79 Å². The zero-order valence-corrected chi connectivity index (χ0v) is 11.8. The number of hydrogen-bond donors (Lipinski definition) is 2. The molecule has 100 valence electrons. The van der Waals surface area contributed by atoms with Crippen molar-refractivity contribution in [2.45, 2.75) is 51.1 Å². The molecule has 4 nitrogen and oxygen atoms in total. The molecule has 1 aromatic rings. The summed E-state index contributed by atoms with van der Waals surface area (Å²) < 4.78 is 0. The van der Waals surface area contributed by atoms with Gasteiger partial charge in [-0.2, -0.15) is 0 Å². The predicted molar refractivity (Wildman–Crippen MR) is 73.5 cm³/mol. The van der Waals surface area contributed by atoms with Crippen LogP contribution in [0.5, 0.6) is 0 Å². The minimum absolute atomic E-state index is 0.0436. The second-order valence-electron chi connectivity index (χ2n) is 5.37. The maximum atomic E-state index is 11.9. The van der Waals surface area contributed by atoms with Crippen LogP contribution in [0.1, 0.15) is 44.5 Å². The lowest BCUT2D eigenvalue weighted by Gasteiger charge is -2.24. The number of nitrogens with one attached hydrogen (secondary N) is 2. The molecule has 0 spiro atoms. The maximum Gasteiger partial charge on any atom is 0.234 e. The quantitative estimate of drug-likeness (QED) is 0.858. The van der Waals surface area contributed by atoms with E-state index >= 15 is 0 Å². The van der Waals surface area contributed by atoms with Crippen molar-refractivity contribution in [3.63, 3.8) is 0 Å². The number of carbonyl (C=O) groups is 1. The van der Waals surface area contributed by atoms with Crippen LogP contribution in [0.2, 0.25) is 0 Å². The Bertz CT molecular complexity index is 383. The summed E-state index contributed by atoms with van der Waals surface area (Å²) in [5.74, 6) is 0.0436. The lowest BCUT2D eigenvalue weighted by molar-refractivity contribution is -0.122. The average Bonchev–Trinajstić information content (AvgIpc) is 2.99. The number of carbonyl (C=O) groups excluding carboxylic acids is 1. The number of aromatic nitrogens is 1. The zero-order valence-electron chi connectivity index (χ0n) is 11.0. The largest absolute Gasteiger partial charge is 0.344 e. The summed E-state index contributed by atoms with van der Waals surface area (Å²) in [7, 11) is 0. The molecule has 0 unspecified atom stereocenters. The number of rotatable bonds is 5. The summed E-state index contributed by atoms with van der Waals surface area (Å²) in [4.78, 5) is 16.2. The van der Waals surface area contributed by atoms with Crippen LogP contribution in [-0.2, 0) is 10.3 Å². The van der Waals surface area contributed by atoms with Crippen LogP contribution < -0.4 is 10.6 Å². The molecule has 1 saturated carbocycles. The highest BCUT2D eigenvalue weighted by Crippen LogP contribution is 2.21. The van der Waals surface area contributed by atoms with Crippen molar-refractivity contribution in [2.24, 2.45) is 0 Å². The van der Waals surface area contributed by atoms with Gasteiger partial charge in [-0.3, -0.25) is 4.79 Å². The lowest BCUT2D eigenvalue weighted by Crippen LogP contribution is -2.46. The second-order valence-corrected chi connectivity index (χ2v) is 6.27. The molecule has 0 bridgehead atoms. The van der Waals surface area contributed by atoms with E-state index in [0.717, 1.165) is 5.01 Å². The van der Waals surface area contributed by atoms with Crippen LogP contribution >= 0.6 is 11.3 Å². The Morgan fingerprint density at radius 3 is 2.83 bits per heavy atom. The molecule has 1 aliphatic rings. The van der Waals surface area contributed by atoms with E-state index in [0.29, 0.717) is 12.6 Å². The molecule has 0 saturated heterocycles. The van der Waals surface area contributed by atoms with Gasteiger partial charge in [-0.25, -0.2) is 4.98 Å². The van der Waals surface area contributed by atoms with Gasteiger partial charge in [-0.1, -0.05) is 12.8 Å². The zero-order chi connectivity index (χ0) is 13.0. The summed E-state index contributed by atoms with van der Waals surface area (Å²) in [6.07, 6.45) is 6.73. The van der Waals surface area contributed by atoms with Gasteiger partial charge in [-0.05, 0) is 26.7 Å². The molecule has 1 aliphatic carbocycles. The molecule has 0 radical (unpaired) electrons. The molecule has 0 atom stereocenters. The van der Waals surface area contributed by atoms with Crippen LogP contribution in [0, 0.1) is 0 Å². The summed E-state index contributed by atoms with van der Waals surface area (Å²) >= 11 is 1.57. The Hall–Kier alpha value is -0.940. The van der Waals surface area contributed by atoms with Crippen LogP contribution in [-0.4, -0.2) is 23.5 Å². The first kappa shape index (κ1) is 13.5. The highest BCUT2D eigenvalue weighted by Gasteiger charge is 2.25. The van der Waals surface area contributed by atoms with E-state index in [1.54, 1.807) is 17.5 Å². The van der Waals surface area contributed by atoms with E-state index < -0.39 is 0 Å². The molecule has 1 aromatic heterocycles. The standard InChI is InChI=1S/C13H21N3OS/c1-13(2,12-14-7-8-18-12)16-11(17)9-15-10-5-3-4-6-10/h7-8,10,15H,3-6,9H2,1-2H3,(H,16,17). The normalized spacial score (nSPS) is 17.0. The third-order valence-corrected chi connectivity index (χ3v) is 4.42. The molecular formula is C13H21N3OS. The first-order chi connectivity index (χ1) is 8.58. The Labute approximate surface area is 112 Å². The monoisotopic (exact) mass is 267 g/mol. The molecule has 1 amide bonds. The predicted octanol–water partition coefficient (Wildman–Crippen LogP) is 2.03. The highest BCUT2D eigenvalue weighted by molar-refractivity contribution is 7.09. The van der Waals surface area contributed by atoms with E-state index in [4.69, 9.17) is 0 Å². The topological polar surface area (TPSA) is 54.0 Å². The third kappa shape index (κ3) is 3.53. The fourth-order valence-electron chi connectivity index (χ4n) is 2.35. The smallest absolute Gasteiger partial charge is 0.234 e. The maximum absolute atomic E-state index is 11.9. The minimum atomic E-state index is -0.386. The summed E-state index contributed by atoms with van der Waals surface area (Å²) in [5.41, 5.74) is -0.386. The minimum Gasteiger partial charge on any atom is -0.344 e. The fourth-order valence-corrected chi connectivity index (χ4v) is 3.06. The van der Waals surface area contributed by atoms with Gasteiger partial charge >= 0.3 is 0 Å². The van der Waals surface area contributed by atoms with E-state index in [2.05, 4.69) is 15.6 Å². The second kappa shape index (κ2) is 5.80. The summed E-state index contributed by atoms with van der Waals surface area (Å²) in [6, 6.07) is 0.527. The van der Waals surface area contributed by atoms with Crippen molar-refractivity contribution in [2.75, 3.05) is 6.54 Å². The van der Waals surface area contributed by atoms with Crippen molar-refractivity contribution in [1.82, 2.24) is 15.6 Å². The van der Waals surface area contributed by atoms with Crippen LogP contribution in [0.4, 0.5) is 0 Å². The van der Waals surface area contributed by atoms with E-state index in [-0.39, 0.29) is 11.4 Å². The van der Waals surface area contributed by atoms with Gasteiger partial charge in [0.2, 0.25) is 5.91 Å². The lowest BCUT2D eigenvalue weighted by atomic mass is 10.1. The molecule has 2 rings (SSSR count). The first-order valence-electron chi connectivity index (χ1n) is 6.52. The van der Waals surface area contributed by atoms with Gasteiger partial charge < -0.3 is 10.6 Å². The summed E-state index contributed by atoms with van der Waals surface area (Å²) in [5, 5.41) is 9.22. The van der Waals surface area contributed by atoms with Crippen LogP contribution in [0.3, 0.4) is 0 Å². The number of hydrogen-bond acceptors (Lipinski definition) is 4. The van der Waals surface area contributed by atoms with Crippen molar-refractivity contribution >= 4 is 17.2 Å². The van der Waals surface area contributed by atoms with Crippen molar-refractivity contribution in [1.29, 1.82) is 0 Å². The Morgan fingerprint density at radius 1 is 1.50 bits per heavy atom. The Balaban J connectivity index is 1.79. The molecule has 1 heterocycles. The van der Waals surface area contributed by atoms with Crippen LogP contribution in [0.15, 0.2) is 11.6 Å². The highest BCUT2D eigenvalue weighted by atomic mass is 32.1. The van der Waals surface area contributed by atoms with Crippen molar-refractivity contribution in [3.05, 3.63) is 16.6 Å². The molecule has 2 N–H and O–H groups in total. The van der Waals surface area contributed by atoms with Gasteiger partial charge in [0.1, 0.15) is 5.01 Å². The van der Waals surface area contributed by atoms with Gasteiger partial charge in [0, 0.05) is 17.6 Å². The molecular weight excluding hydrogens is 246 g/mol. The number of nitrogens with zero attached hydrogens (tertiary/aromatic N) is 1. The Kier molecular flexibility index (Phi) is 4.35. The molecule has 5 heteroatoms. The SMILES string of the molecule is CC(C)(NC(=O)CNC1CCCC1)c1nccs1. The van der Waals surface area contributed by atoms with Gasteiger partial charge in [0.25, 0.3) is 0 Å². The van der Waals surface area contributed by atoms with Crippen molar-refractivity contribution in [3.8, 4) is 0 Å². The van der Waals surface area contributed by atoms with Gasteiger partial charge in [-0.15, -0.1) is 11.3 Å². The van der Waals surface area contributed by atoms with Gasteiger partial charge in [0.15, 0.2) is 0 Å². The molecule has 18 heavy (non-hydrogen) atoms. The van der Waals surface area contributed by atoms with Gasteiger partial charge in [0.05, 0.1) is 12.1 Å². The fraction of sp³-hybridized carbons (Fsp3) is 0.692. The molecule has 0 aliphatic heterocycles. The van der Waals surface area contributed by atoms with Crippen LogP contribution in [0.25, 0.3) is 0 Å². The third-order valence-electron chi connectivity index (χ3n) is 3.33. The first-order valence-corrected chi connectivity index (χ1v) is 7.40. The summed E-state index contributed by atoms with van der Waals surface area (Å²) in [6.45, 7) is 4.37. The Morgan fingerprint density at radius 2 is 2.22 bits per heavy atom. The van der Waals surface area contributed by atoms with E-state index in [1.807, 2.05) is 19.2 Å². The molecule has 0 aromatic carbocycles. The average molecular weight is 267 g/mol. The number of amides is 1. The van der Waals surface area contributed by atoms with Crippen molar-refractivity contribution < 1.29 is 4.79 Å². The van der Waals surface area contributed by atoms with E-state index in [1.165, 1.54) is 25.7 Å². The molecule has 1 fully saturated rings.